The van der Waals surface area contributed by atoms with Gasteiger partial charge < -0.3 is 9.84 Å². The molecule has 0 spiro atoms. The predicted molar refractivity (Wildman–Crippen MR) is 42.3 cm³/mol. The molecule has 0 aromatic heterocycles. The minimum Gasteiger partial charge on any atom is -0.390 e. The Morgan fingerprint density at radius 1 is 1.45 bits per heavy atom. The molecule has 1 N–H and O–H groups in total. The van der Waals surface area contributed by atoms with E-state index >= 15 is 0 Å². The van der Waals surface area contributed by atoms with E-state index in [9.17, 15) is 5.11 Å². The third kappa shape index (κ3) is 1.47. The van der Waals surface area contributed by atoms with Gasteiger partial charge in [0.25, 0.3) is 0 Å². The monoisotopic (exact) mass is 154 g/mol. The average molecular weight is 154 g/mol. The lowest BCUT2D eigenvalue weighted by atomic mass is 9.91. The van der Waals surface area contributed by atoms with Gasteiger partial charge in [0, 0.05) is 6.42 Å². The number of aliphatic hydroxyl groups is 1. The summed E-state index contributed by atoms with van der Waals surface area (Å²) < 4.78 is 5.59. The minimum atomic E-state index is -0.510. The highest BCUT2D eigenvalue weighted by Gasteiger charge is 2.33. The van der Waals surface area contributed by atoms with E-state index in [4.69, 9.17) is 4.74 Å². The van der Waals surface area contributed by atoms with Crippen molar-refractivity contribution in [1.82, 2.24) is 0 Å². The molecule has 2 bridgehead atoms. The standard InChI is InChI=1S/C9H14O2/c1-9(10)5-4-7-2-3-8(6-9)11-7/h2-3,7-8,10H,4-6H2,1H3/t7-,8+,9+/m1/s1. The predicted octanol–water partition coefficient (Wildman–Crippen LogP) is 1.24. The maximum atomic E-state index is 9.76. The number of rotatable bonds is 0. The lowest BCUT2D eigenvalue weighted by Gasteiger charge is -2.22. The van der Waals surface area contributed by atoms with Crippen LogP contribution in [0.1, 0.15) is 26.2 Å². The van der Waals surface area contributed by atoms with Gasteiger partial charge in [-0.25, -0.2) is 0 Å². The second-order valence-electron chi connectivity index (χ2n) is 3.84. The summed E-state index contributed by atoms with van der Waals surface area (Å²) in [7, 11) is 0. The van der Waals surface area contributed by atoms with Gasteiger partial charge >= 0.3 is 0 Å². The van der Waals surface area contributed by atoms with Gasteiger partial charge in [0.2, 0.25) is 0 Å². The largest absolute Gasteiger partial charge is 0.390 e. The Labute approximate surface area is 66.9 Å². The fourth-order valence-corrected chi connectivity index (χ4v) is 1.83. The smallest absolute Gasteiger partial charge is 0.0792 e. The zero-order valence-electron chi connectivity index (χ0n) is 6.79. The molecule has 2 heterocycles. The molecule has 0 saturated carbocycles. The summed E-state index contributed by atoms with van der Waals surface area (Å²) in [6, 6.07) is 0. The molecule has 2 rings (SSSR count). The maximum absolute atomic E-state index is 9.76. The number of ether oxygens (including phenoxy) is 1. The molecule has 0 aromatic rings. The highest BCUT2D eigenvalue weighted by molar-refractivity contribution is 5.06. The quantitative estimate of drug-likeness (QED) is 0.532. The molecule has 0 amide bonds. The Morgan fingerprint density at radius 2 is 2.18 bits per heavy atom. The van der Waals surface area contributed by atoms with Crippen molar-refractivity contribution in [3.05, 3.63) is 12.2 Å². The van der Waals surface area contributed by atoms with Crippen molar-refractivity contribution in [2.24, 2.45) is 0 Å². The number of hydrogen-bond acceptors (Lipinski definition) is 2. The molecular formula is C9H14O2. The van der Waals surface area contributed by atoms with Gasteiger partial charge in [-0.15, -0.1) is 0 Å². The zero-order chi connectivity index (χ0) is 7.90. The van der Waals surface area contributed by atoms with Crippen LogP contribution < -0.4 is 0 Å². The Hall–Kier alpha value is -0.340. The fraction of sp³-hybridized carbons (Fsp3) is 0.778. The SMILES string of the molecule is C[C@]1(O)CC[C@H]2C=C[C@@H](C1)O2. The summed E-state index contributed by atoms with van der Waals surface area (Å²) >= 11 is 0. The Bertz CT molecular complexity index is 184. The van der Waals surface area contributed by atoms with Crippen LogP contribution >= 0.6 is 0 Å². The van der Waals surface area contributed by atoms with E-state index < -0.39 is 5.60 Å². The second-order valence-corrected chi connectivity index (χ2v) is 3.84. The summed E-state index contributed by atoms with van der Waals surface area (Å²) in [6.45, 7) is 1.89. The maximum Gasteiger partial charge on any atom is 0.0792 e. The fourth-order valence-electron chi connectivity index (χ4n) is 1.83. The topological polar surface area (TPSA) is 29.5 Å². The van der Waals surface area contributed by atoms with Crippen molar-refractivity contribution in [1.29, 1.82) is 0 Å². The van der Waals surface area contributed by atoms with Gasteiger partial charge in [0.15, 0.2) is 0 Å². The van der Waals surface area contributed by atoms with Crippen LogP contribution in [-0.4, -0.2) is 22.9 Å². The summed E-state index contributed by atoms with van der Waals surface area (Å²) in [6.07, 6.45) is 7.18. The number of fused-ring (bicyclic) bond motifs is 2. The molecule has 2 aliphatic rings. The summed E-state index contributed by atoms with van der Waals surface area (Å²) in [5.41, 5.74) is -0.510. The van der Waals surface area contributed by atoms with E-state index in [2.05, 4.69) is 12.2 Å². The van der Waals surface area contributed by atoms with Gasteiger partial charge in [0.05, 0.1) is 17.8 Å². The first-order valence-corrected chi connectivity index (χ1v) is 4.22. The van der Waals surface area contributed by atoms with E-state index in [1.165, 1.54) is 0 Å². The van der Waals surface area contributed by atoms with Gasteiger partial charge in [0.1, 0.15) is 0 Å². The molecule has 2 nitrogen and oxygen atoms in total. The molecule has 0 aliphatic carbocycles. The Kier molecular flexibility index (Phi) is 1.55. The molecule has 1 saturated heterocycles. The Balaban J connectivity index is 2.12. The highest BCUT2D eigenvalue weighted by Crippen LogP contribution is 2.31. The van der Waals surface area contributed by atoms with Gasteiger partial charge in [-0.2, -0.15) is 0 Å². The van der Waals surface area contributed by atoms with Crippen LogP contribution in [0.15, 0.2) is 12.2 Å². The van der Waals surface area contributed by atoms with Crippen molar-refractivity contribution >= 4 is 0 Å². The zero-order valence-corrected chi connectivity index (χ0v) is 6.79. The van der Waals surface area contributed by atoms with Gasteiger partial charge in [-0.05, 0) is 19.8 Å². The average Bonchev–Trinajstić information content (AvgIpc) is 2.24. The molecule has 1 fully saturated rings. The molecule has 2 aliphatic heterocycles. The lowest BCUT2D eigenvalue weighted by molar-refractivity contribution is 0.0142. The van der Waals surface area contributed by atoms with Gasteiger partial charge in [-0.1, -0.05) is 12.2 Å². The summed E-state index contributed by atoms with van der Waals surface area (Å²) in [4.78, 5) is 0. The molecule has 3 atom stereocenters. The van der Waals surface area contributed by atoms with Crippen LogP contribution in [0, 0.1) is 0 Å². The molecule has 0 aromatic carbocycles. The first-order chi connectivity index (χ1) is 5.16. The van der Waals surface area contributed by atoms with Crippen molar-refractivity contribution in [2.75, 3.05) is 0 Å². The van der Waals surface area contributed by atoms with Crippen LogP contribution in [0.4, 0.5) is 0 Å². The third-order valence-corrected chi connectivity index (χ3v) is 2.50. The minimum absolute atomic E-state index is 0.164. The first-order valence-electron chi connectivity index (χ1n) is 4.22. The van der Waals surface area contributed by atoms with Crippen LogP contribution in [0.5, 0.6) is 0 Å². The first kappa shape index (κ1) is 7.32. The van der Waals surface area contributed by atoms with E-state index in [-0.39, 0.29) is 12.2 Å². The van der Waals surface area contributed by atoms with Gasteiger partial charge in [-0.3, -0.25) is 0 Å². The van der Waals surface area contributed by atoms with Crippen molar-refractivity contribution in [2.45, 2.75) is 44.0 Å². The summed E-state index contributed by atoms with van der Waals surface area (Å²) in [5.74, 6) is 0. The van der Waals surface area contributed by atoms with E-state index in [1.807, 2.05) is 6.92 Å². The highest BCUT2D eigenvalue weighted by atomic mass is 16.5. The van der Waals surface area contributed by atoms with Crippen molar-refractivity contribution in [3.8, 4) is 0 Å². The van der Waals surface area contributed by atoms with Crippen molar-refractivity contribution in [3.63, 3.8) is 0 Å². The lowest BCUT2D eigenvalue weighted by Crippen LogP contribution is -2.27. The van der Waals surface area contributed by atoms with E-state index in [0.29, 0.717) is 0 Å². The molecule has 2 heteroatoms. The van der Waals surface area contributed by atoms with Crippen molar-refractivity contribution < 1.29 is 9.84 Å². The third-order valence-electron chi connectivity index (χ3n) is 2.50. The summed E-state index contributed by atoms with van der Waals surface area (Å²) in [5, 5.41) is 9.76. The Morgan fingerprint density at radius 3 is 3.00 bits per heavy atom. The van der Waals surface area contributed by atoms with Crippen LogP contribution in [0.2, 0.25) is 0 Å². The molecule has 11 heavy (non-hydrogen) atoms. The normalized spacial score (nSPS) is 49.3. The van der Waals surface area contributed by atoms with Crippen LogP contribution in [0.3, 0.4) is 0 Å². The molecule has 0 unspecified atom stereocenters. The van der Waals surface area contributed by atoms with Crippen LogP contribution in [0.25, 0.3) is 0 Å². The molecule has 0 radical (unpaired) electrons. The van der Waals surface area contributed by atoms with E-state index in [0.717, 1.165) is 19.3 Å². The molecule has 62 valence electrons. The molecular weight excluding hydrogens is 140 g/mol. The number of hydrogen-bond donors (Lipinski definition) is 1. The van der Waals surface area contributed by atoms with Crippen LogP contribution in [-0.2, 0) is 4.74 Å². The second kappa shape index (κ2) is 2.32. The van der Waals surface area contributed by atoms with E-state index in [1.54, 1.807) is 0 Å².